The van der Waals surface area contributed by atoms with Crippen LogP contribution in [0.4, 0.5) is 5.69 Å². The molecule has 2 N–H and O–H groups in total. The van der Waals surface area contributed by atoms with Crippen LogP contribution in [-0.2, 0) is 14.3 Å². The molecule has 7 heteroatoms. The van der Waals surface area contributed by atoms with Gasteiger partial charge in [0.2, 0.25) is 0 Å². The van der Waals surface area contributed by atoms with Crippen LogP contribution in [0.25, 0.3) is 0 Å². The topological polar surface area (TPSA) is 98.9 Å². The molecule has 2 rings (SSSR count). The lowest BCUT2D eigenvalue weighted by molar-refractivity contribution is -0.121. The summed E-state index contributed by atoms with van der Waals surface area (Å²) in [6.45, 7) is 3.63. The van der Waals surface area contributed by atoms with Gasteiger partial charge in [-0.05, 0) is 49.7 Å². The monoisotopic (exact) mass is 370 g/mol. The zero-order valence-corrected chi connectivity index (χ0v) is 15.3. The molecule has 0 aliphatic rings. The van der Waals surface area contributed by atoms with Crippen LogP contribution in [0.15, 0.2) is 48.5 Å². The van der Waals surface area contributed by atoms with Gasteiger partial charge >= 0.3 is 5.97 Å². The summed E-state index contributed by atoms with van der Waals surface area (Å²) in [6, 6.07) is 13.5. The van der Waals surface area contributed by atoms with Crippen molar-refractivity contribution < 1.29 is 23.9 Å². The largest absolute Gasteiger partial charge is 0.484 e. The van der Waals surface area contributed by atoms with Gasteiger partial charge in [0.25, 0.3) is 11.8 Å². The van der Waals surface area contributed by atoms with E-state index in [0.29, 0.717) is 12.3 Å². The molecule has 0 aromatic heterocycles. The second-order valence-corrected chi connectivity index (χ2v) is 5.78. The van der Waals surface area contributed by atoms with Crippen molar-refractivity contribution in [3.8, 4) is 5.75 Å². The first-order valence-corrected chi connectivity index (χ1v) is 8.46. The number of nitrogens with zero attached hydrogens (tertiary/aromatic N) is 1. The number of ether oxygens (including phenoxy) is 2. The maximum Gasteiger partial charge on any atom is 0.338 e. The third kappa shape index (κ3) is 5.57. The van der Waals surface area contributed by atoms with Gasteiger partial charge in [0.15, 0.2) is 13.2 Å². The lowest BCUT2D eigenvalue weighted by Crippen LogP contribution is -2.35. The van der Waals surface area contributed by atoms with Crippen LogP contribution in [0.2, 0.25) is 0 Å². The van der Waals surface area contributed by atoms with Gasteiger partial charge in [-0.3, -0.25) is 9.59 Å². The number of para-hydroxylation sites is 1. The third-order valence-electron chi connectivity index (χ3n) is 3.82. The second-order valence-electron chi connectivity index (χ2n) is 5.78. The quantitative estimate of drug-likeness (QED) is 0.717. The van der Waals surface area contributed by atoms with Crippen molar-refractivity contribution in [2.45, 2.75) is 13.8 Å². The maximum atomic E-state index is 12.5. The minimum Gasteiger partial charge on any atom is -0.484 e. The number of carbonyl (C=O) groups excluding carboxylic acids is 3. The molecule has 0 bridgehead atoms. The summed E-state index contributed by atoms with van der Waals surface area (Å²) >= 11 is 0. The molecule has 0 radical (unpaired) electrons. The number of primary amides is 1. The number of carbonyl (C=O) groups is 3. The molecule has 0 fully saturated rings. The Morgan fingerprint density at radius 3 is 2.26 bits per heavy atom. The SMILES string of the molecule is CCN(C(=O)COC(=O)c1ccc(OCC(N)=O)cc1)c1ccccc1C. The average molecular weight is 370 g/mol. The molecule has 142 valence electrons. The van der Waals surface area contributed by atoms with Crippen molar-refractivity contribution in [1.29, 1.82) is 0 Å². The van der Waals surface area contributed by atoms with Crippen molar-refractivity contribution in [3.05, 3.63) is 59.7 Å². The third-order valence-corrected chi connectivity index (χ3v) is 3.82. The van der Waals surface area contributed by atoms with Crippen molar-refractivity contribution in [2.24, 2.45) is 5.73 Å². The zero-order chi connectivity index (χ0) is 19.8. The molecule has 0 aliphatic heterocycles. The normalized spacial score (nSPS) is 10.1. The van der Waals surface area contributed by atoms with Crippen LogP contribution in [0, 0.1) is 6.92 Å². The number of hydrogen-bond donors (Lipinski definition) is 1. The van der Waals surface area contributed by atoms with Crippen LogP contribution >= 0.6 is 0 Å². The Morgan fingerprint density at radius 1 is 1.00 bits per heavy atom. The number of amides is 2. The highest BCUT2D eigenvalue weighted by molar-refractivity contribution is 5.97. The van der Waals surface area contributed by atoms with E-state index in [1.54, 1.807) is 4.90 Å². The van der Waals surface area contributed by atoms with E-state index in [0.717, 1.165) is 11.3 Å². The number of benzene rings is 2. The Labute approximate surface area is 157 Å². The molecule has 0 atom stereocenters. The molecule has 0 spiro atoms. The molecule has 0 unspecified atom stereocenters. The molecule has 0 saturated carbocycles. The summed E-state index contributed by atoms with van der Waals surface area (Å²) in [5, 5.41) is 0. The lowest BCUT2D eigenvalue weighted by atomic mass is 10.2. The standard InChI is InChI=1S/C20H22N2O5/c1-3-22(17-7-5-4-6-14(17)2)19(24)13-27-20(25)15-8-10-16(11-9-15)26-12-18(21)23/h4-11H,3,12-13H2,1-2H3,(H2,21,23). The van der Waals surface area contributed by atoms with E-state index in [9.17, 15) is 14.4 Å². The summed E-state index contributed by atoms with van der Waals surface area (Å²) in [4.78, 5) is 36.8. The maximum absolute atomic E-state index is 12.5. The molecule has 0 aliphatic carbocycles. The Bertz CT molecular complexity index is 817. The summed E-state index contributed by atoms with van der Waals surface area (Å²) in [6.07, 6.45) is 0. The van der Waals surface area contributed by atoms with Gasteiger partial charge in [-0.25, -0.2) is 4.79 Å². The highest BCUT2D eigenvalue weighted by Crippen LogP contribution is 2.19. The van der Waals surface area contributed by atoms with Crippen LogP contribution in [-0.4, -0.2) is 37.5 Å². The minimum atomic E-state index is -0.620. The van der Waals surface area contributed by atoms with Crippen molar-refractivity contribution in [2.75, 3.05) is 24.7 Å². The van der Waals surface area contributed by atoms with Crippen LogP contribution in [0.1, 0.15) is 22.8 Å². The summed E-state index contributed by atoms with van der Waals surface area (Å²) in [7, 11) is 0. The highest BCUT2D eigenvalue weighted by atomic mass is 16.5. The fourth-order valence-electron chi connectivity index (χ4n) is 2.48. The average Bonchev–Trinajstić information content (AvgIpc) is 2.67. The highest BCUT2D eigenvalue weighted by Gasteiger charge is 2.18. The van der Waals surface area contributed by atoms with Crippen LogP contribution in [0.3, 0.4) is 0 Å². The number of esters is 1. The number of aryl methyl sites for hydroxylation is 1. The number of rotatable bonds is 8. The van der Waals surface area contributed by atoms with Gasteiger partial charge < -0.3 is 20.1 Å². The number of hydrogen-bond acceptors (Lipinski definition) is 5. The molecular formula is C20H22N2O5. The lowest BCUT2D eigenvalue weighted by Gasteiger charge is -2.22. The Kier molecular flexibility index (Phi) is 6.93. The zero-order valence-electron chi connectivity index (χ0n) is 15.3. The fourth-order valence-corrected chi connectivity index (χ4v) is 2.48. The van der Waals surface area contributed by atoms with Gasteiger partial charge in [-0.1, -0.05) is 18.2 Å². The number of anilines is 1. The van der Waals surface area contributed by atoms with Crippen molar-refractivity contribution in [1.82, 2.24) is 0 Å². The molecule has 2 amide bonds. The van der Waals surface area contributed by atoms with E-state index in [2.05, 4.69) is 0 Å². The van der Waals surface area contributed by atoms with Gasteiger partial charge in [-0.15, -0.1) is 0 Å². The molecule has 0 saturated heterocycles. The summed E-state index contributed by atoms with van der Waals surface area (Å²) in [5.74, 6) is -1.11. The minimum absolute atomic E-state index is 0.246. The smallest absolute Gasteiger partial charge is 0.338 e. The first kappa shape index (κ1) is 20.0. The molecule has 27 heavy (non-hydrogen) atoms. The summed E-state index contributed by atoms with van der Waals surface area (Å²) in [5.41, 5.74) is 7.02. The van der Waals surface area contributed by atoms with Crippen molar-refractivity contribution >= 4 is 23.5 Å². The van der Waals surface area contributed by atoms with Crippen LogP contribution < -0.4 is 15.4 Å². The number of likely N-dealkylation sites (N-methyl/N-ethyl adjacent to an activating group) is 1. The molecular weight excluding hydrogens is 348 g/mol. The van der Waals surface area contributed by atoms with Crippen LogP contribution in [0.5, 0.6) is 5.75 Å². The van der Waals surface area contributed by atoms with E-state index < -0.39 is 11.9 Å². The van der Waals surface area contributed by atoms with E-state index in [1.807, 2.05) is 38.1 Å². The first-order valence-electron chi connectivity index (χ1n) is 8.46. The number of nitrogens with two attached hydrogens (primary N) is 1. The predicted octanol–water partition coefficient (Wildman–Crippen LogP) is 2.07. The second kappa shape index (κ2) is 9.38. The van der Waals surface area contributed by atoms with E-state index in [1.165, 1.54) is 24.3 Å². The first-order chi connectivity index (χ1) is 12.9. The predicted molar refractivity (Wildman–Crippen MR) is 101 cm³/mol. The van der Waals surface area contributed by atoms with Gasteiger partial charge in [0.05, 0.1) is 5.56 Å². The molecule has 2 aromatic rings. The van der Waals surface area contributed by atoms with E-state index in [4.69, 9.17) is 15.2 Å². The fraction of sp³-hybridized carbons (Fsp3) is 0.250. The Hall–Kier alpha value is -3.35. The molecule has 7 nitrogen and oxygen atoms in total. The molecule has 0 heterocycles. The van der Waals surface area contributed by atoms with E-state index in [-0.39, 0.29) is 24.7 Å². The Balaban J connectivity index is 1.95. The molecule has 2 aromatic carbocycles. The van der Waals surface area contributed by atoms with Gasteiger partial charge in [0, 0.05) is 12.2 Å². The summed E-state index contributed by atoms with van der Waals surface area (Å²) < 4.78 is 10.2. The van der Waals surface area contributed by atoms with Crippen molar-refractivity contribution in [3.63, 3.8) is 0 Å². The van der Waals surface area contributed by atoms with Gasteiger partial charge in [0.1, 0.15) is 5.75 Å². The van der Waals surface area contributed by atoms with Gasteiger partial charge in [-0.2, -0.15) is 0 Å². The van der Waals surface area contributed by atoms with E-state index >= 15 is 0 Å². The Morgan fingerprint density at radius 2 is 1.67 bits per heavy atom.